The maximum atomic E-state index is 11.3. The van der Waals surface area contributed by atoms with E-state index in [1.165, 1.54) is 0 Å². The van der Waals surface area contributed by atoms with E-state index < -0.39 is 0 Å². The van der Waals surface area contributed by atoms with E-state index in [4.69, 9.17) is 0 Å². The van der Waals surface area contributed by atoms with Crippen LogP contribution in [0.4, 0.5) is 5.69 Å². The van der Waals surface area contributed by atoms with Crippen molar-refractivity contribution < 1.29 is 5.11 Å². The maximum absolute atomic E-state index is 11.3. The molecule has 2 rings (SSSR count). The molecule has 94 valence electrons. The van der Waals surface area contributed by atoms with Crippen molar-refractivity contribution in [2.75, 3.05) is 11.9 Å². The van der Waals surface area contributed by atoms with Crippen LogP contribution in [0.3, 0.4) is 0 Å². The van der Waals surface area contributed by atoms with Gasteiger partial charge in [0.25, 0.3) is 5.56 Å². The van der Waals surface area contributed by atoms with E-state index in [-0.39, 0.29) is 17.6 Å². The van der Waals surface area contributed by atoms with Crippen LogP contribution in [-0.2, 0) is 0 Å². The Bertz CT molecular complexity index is 435. The molecule has 0 aromatic carbocycles. The van der Waals surface area contributed by atoms with Crippen molar-refractivity contribution in [2.45, 2.75) is 31.8 Å². The smallest absolute Gasteiger partial charge is 0.280 e. The molecule has 0 amide bonds. The van der Waals surface area contributed by atoms with E-state index in [1.807, 2.05) is 0 Å². The Morgan fingerprint density at radius 2 is 2.29 bits per heavy atom. The number of anilines is 1. The van der Waals surface area contributed by atoms with Crippen LogP contribution in [0.5, 0.6) is 0 Å². The summed E-state index contributed by atoms with van der Waals surface area (Å²) in [7, 11) is 0. The number of aliphatic hydroxyl groups excluding tert-OH is 1. The standard InChI is InChI=1S/C11H16BrN3O2/c12-10-8(6-14-15-11(10)17)13-5-7-3-1-2-4-9(7)16/h6-7,9,16H,1-5H2,(H2,13,15,17). The topological polar surface area (TPSA) is 78.0 Å². The lowest BCUT2D eigenvalue weighted by Gasteiger charge is -2.27. The molecule has 0 aliphatic heterocycles. The van der Waals surface area contributed by atoms with Crippen molar-refractivity contribution >= 4 is 21.6 Å². The van der Waals surface area contributed by atoms with Gasteiger partial charge in [-0.25, -0.2) is 5.10 Å². The third-order valence-corrected chi connectivity index (χ3v) is 4.01. The van der Waals surface area contributed by atoms with Crippen LogP contribution in [0.25, 0.3) is 0 Å². The van der Waals surface area contributed by atoms with Crippen LogP contribution in [0.15, 0.2) is 15.5 Å². The van der Waals surface area contributed by atoms with Crippen LogP contribution < -0.4 is 10.9 Å². The molecule has 0 saturated heterocycles. The first-order valence-corrected chi connectivity index (χ1v) is 6.63. The number of hydrogen-bond donors (Lipinski definition) is 3. The number of H-pyrrole nitrogens is 1. The predicted molar refractivity (Wildman–Crippen MR) is 69.0 cm³/mol. The molecular formula is C11H16BrN3O2. The van der Waals surface area contributed by atoms with Crippen molar-refractivity contribution in [3.63, 3.8) is 0 Å². The molecule has 0 bridgehead atoms. The molecule has 1 aromatic rings. The summed E-state index contributed by atoms with van der Waals surface area (Å²) in [5.74, 6) is 0.259. The highest BCUT2D eigenvalue weighted by atomic mass is 79.9. The van der Waals surface area contributed by atoms with Gasteiger partial charge in [-0.2, -0.15) is 5.10 Å². The molecular weight excluding hydrogens is 286 g/mol. The average molecular weight is 302 g/mol. The van der Waals surface area contributed by atoms with Crippen LogP contribution in [0.2, 0.25) is 0 Å². The minimum absolute atomic E-state index is 0.231. The average Bonchev–Trinajstić information content (AvgIpc) is 2.33. The van der Waals surface area contributed by atoms with Gasteiger partial charge in [0, 0.05) is 12.5 Å². The summed E-state index contributed by atoms with van der Waals surface area (Å²) in [4.78, 5) is 11.3. The lowest BCUT2D eigenvalue weighted by atomic mass is 9.86. The van der Waals surface area contributed by atoms with Crippen molar-refractivity contribution in [2.24, 2.45) is 5.92 Å². The Hall–Kier alpha value is -0.880. The minimum atomic E-state index is -0.251. The second kappa shape index (κ2) is 5.64. The van der Waals surface area contributed by atoms with Gasteiger partial charge in [-0.15, -0.1) is 0 Å². The largest absolute Gasteiger partial charge is 0.393 e. The molecule has 6 heteroatoms. The summed E-state index contributed by atoms with van der Waals surface area (Å²) in [6, 6.07) is 0. The van der Waals surface area contributed by atoms with E-state index in [0.29, 0.717) is 16.7 Å². The van der Waals surface area contributed by atoms with Crippen LogP contribution in [0, 0.1) is 5.92 Å². The predicted octanol–water partition coefficient (Wildman–Crippen LogP) is 1.50. The van der Waals surface area contributed by atoms with Gasteiger partial charge in [-0.3, -0.25) is 4.79 Å². The monoisotopic (exact) mass is 301 g/mol. The second-order valence-electron chi connectivity index (χ2n) is 4.42. The van der Waals surface area contributed by atoms with Gasteiger partial charge < -0.3 is 10.4 Å². The highest BCUT2D eigenvalue weighted by Crippen LogP contribution is 2.25. The Kier molecular flexibility index (Phi) is 4.17. The Morgan fingerprint density at radius 3 is 3.06 bits per heavy atom. The van der Waals surface area contributed by atoms with Gasteiger partial charge in [0.15, 0.2) is 0 Å². The van der Waals surface area contributed by atoms with E-state index >= 15 is 0 Å². The third-order valence-electron chi connectivity index (χ3n) is 3.22. The first kappa shape index (κ1) is 12.6. The molecule has 0 spiro atoms. The quantitative estimate of drug-likeness (QED) is 0.790. The highest BCUT2D eigenvalue weighted by molar-refractivity contribution is 9.10. The first-order chi connectivity index (χ1) is 8.18. The van der Waals surface area contributed by atoms with Crippen LogP contribution >= 0.6 is 15.9 Å². The lowest BCUT2D eigenvalue weighted by molar-refractivity contribution is 0.0763. The fourth-order valence-corrected chi connectivity index (χ4v) is 2.51. The number of aromatic nitrogens is 2. The number of nitrogens with zero attached hydrogens (tertiary/aromatic N) is 1. The lowest BCUT2D eigenvalue weighted by Crippen LogP contribution is -2.30. The van der Waals surface area contributed by atoms with E-state index in [0.717, 1.165) is 25.7 Å². The molecule has 3 N–H and O–H groups in total. The molecule has 2 unspecified atom stereocenters. The zero-order valence-electron chi connectivity index (χ0n) is 9.45. The molecule has 5 nitrogen and oxygen atoms in total. The van der Waals surface area contributed by atoms with Gasteiger partial charge in [0.05, 0.1) is 18.0 Å². The molecule has 1 saturated carbocycles. The van der Waals surface area contributed by atoms with E-state index in [9.17, 15) is 9.90 Å². The first-order valence-electron chi connectivity index (χ1n) is 5.83. The highest BCUT2D eigenvalue weighted by Gasteiger charge is 2.22. The zero-order chi connectivity index (χ0) is 12.3. The van der Waals surface area contributed by atoms with Crippen molar-refractivity contribution in [1.29, 1.82) is 0 Å². The van der Waals surface area contributed by atoms with Crippen LogP contribution in [-0.4, -0.2) is 28.0 Å². The van der Waals surface area contributed by atoms with E-state index in [2.05, 4.69) is 31.4 Å². The number of nitrogens with one attached hydrogen (secondary N) is 2. The number of aliphatic hydroxyl groups is 1. The molecule has 1 aliphatic rings. The third kappa shape index (κ3) is 3.07. The fraction of sp³-hybridized carbons (Fsp3) is 0.636. The summed E-state index contributed by atoms with van der Waals surface area (Å²) < 4.78 is 0.456. The fourth-order valence-electron chi connectivity index (χ4n) is 2.17. The summed E-state index contributed by atoms with van der Waals surface area (Å²) in [6.07, 6.45) is 5.51. The molecule has 1 fully saturated rings. The number of aromatic amines is 1. The molecule has 1 aliphatic carbocycles. The molecule has 1 aromatic heterocycles. The molecule has 0 radical (unpaired) electrons. The summed E-state index contributed by atoms with van der Waals surface area (Å²) in [5.41, 5.74) is 0.422. The van der Waals surface area contributed by atoms with Gasteiger partial charge in [-0.05, 0) is 28.8 Å². The molecule has 1 heterocycles. The van der Waals surface area contributed by atoms with Crippen molar-refractivity contribution in [1.82, 2.24) is 10.2 Å². The molecule has 17 heavy (non-hydrogen) atoms. The molecule has 2 atom stereocenters. The normalized spacial score (nSPS) is 24.6. The zero-order valence-corrected chi connectivity index (χ0v) is 11.0. The summed E-state index contributed by atoms with van der Waals surface area (Å²) in [6.45, 7) is 0.672. The van der Waals surface area contributed by atoms with Gasteiger partial charge in [-0.1, -0.05) is 12.8 Å². The number of halogens is 1. The van der Waals surface area contributed by atoms with Gasteiger partial charge in [0.2, 0.25) is 0 Å². The summed E-state index contributed by atoms with van der Waals surface area (Å²) in [5, 5.41) is 19.1. The van der Waals surface area contributed by atoms with Gasteiger partial charge in [0.1, 0.15) is 4.47 Å². The Morgan fingerprint density at radius 1 is 1.53 bits per heavy atom. The Balaban J connectivity index is 1.97. The minimum Gasteiger partial charge on any atom is -0.393 e. The van der Waals surface area contributed by atoms with E-state index in [1.54, 1.807) is 6.20 Å². The SMILES string of the molecule is O=c1[nH]ncc(NCC2CCCCC2O)c1Br. The van der Waals surface area contributed by atoms with Crippen molar-refractivity contribution in [3.8, 4) is 0 Å². The van der Waals surface area contributed by atoms with Gasteiger partial charge >= 0.3 is 0 Å². The maximum Gasteiger partial charge on any atom is 0.280 e. The summed E-state index contributed by atoms with van der Waals surface area (Å²) >= 11 is 3.21. The second-order valence-corrected chi connectivity index (χ2v) is 5.21. The number of rotatable bonds is 3. The Labute approximate surface area is 108 Å². The number of hydrogen-bond acceptors (Lipinski definition) is 4. The van der Waals surface area contributed by atoms with Crippen LogP contribution in [0.1, 0.15) is 25.7 Å². The van der Waals surface area contributed by atoms with Crippen molar-refractivity contribution in [3.05, 3.63) is 21.0 Å².